The molecule has 1 nitrogen and oxygen atoms in total. The second kappa shape index (κ2) is 5.54. The molecule has 1 saturated heterocycles. The molecule has 1 rings (SSSR count). The van der Waals surface area contributed by atoms with E-state index in [4.69, 9.17) is 4.74 Å². The fourth-order valence-electron chi connectivity index (χ4n) is 1.90. The molecular formula is C12H25AlO. The Kier molecular flexibility index (Phi) is 4.97. The maximum atomic E-state index is 5.80. The number of hydrogen-bond acceptors (Lipinski definition) is 1. The Labute approximate surface area is 95.3 Å². The van der Waals surface area contributed by atoms with Crippen LogP contribution in [-0.2, 0) is 4.74 Å². The number of hydrogen-bond donors (Lipinski definition) is 0. The lowest BCUT2D eigenvalue weighted by atomic mass is 9.83. The summed E-state index contributed by atoms with van der Waals surface area (Å²) in [5.41, 5.74) is 0.488. The Bertz CT molecular complexity index is 156. The minimum Gasteiger partial charge on any atom is -0.394 e. The lowest BCUT2D eigenvalue weighted by Gasteiger charge is -2.29. The minimum absolute atomic E-state index is 0.0160. The Morgan fingerprint density at radius 2 is 2.07 bits per heavy atom. The van der Waals surface area contributed by atoms with Crippen LogP contribution >= 0.6 is 0 Å². The van der Waals surface area contributed by atoms with E-state index < -0.39 is 0 Å². The van der Waals surface area contributed by atoms with E-state index in [1.165, 1.54) is 24.5 Å². The summed E-state index contributed by atoms with van der Waals surface area (Å²) >= 11 is 0.0160. The molecule has 2 heteroatoms. The fourth-order valence-corrected chi connectivity index (χ4v) is 4.55. The Hall–Kier alpha value is 0.492. The molecule has 82 valence electrons. The molecule has 0 saturated carbocycles. The van der Waals surface area contributed by atoms with Crippen LogP contribution in [0.15, 0.2) is 0 Å². The first-order chi connectivity index (χ1) is 6.50. The van der Waals surface area contributed by atoms with E-state index >= 15 is 0 Å². The molecule has 1 aliphatic heterocycles. The van der Waals surface area contributed by atoms with Crippen molar-refractivity contribution in [3.8, 4) is 0 Å². The van der Waals surface area contributed by atoms with E-state index in [1.54, 1.807) is 0 Å². The van der Waals surface area contributed by atoms with Gasteiger partial charge in [-0.25, -0.2) is 0 Å². The van der Waals surface area contributed by atoms with E-state index in [9.17, 15) is 0 Å². The molecule has 1 heterocycles. The first-order valence-corrected chi connectivity index (χ1v) is 7.93. The van der Waals surface area contributed by atoms with Crippen molar-refractivity contribution in [2.24, 2.45) is 11.3 Å². The van der Waals surface area contributed by atoms with Crippen molar-refractivity contribution >= 4 is 15.2 Å². The van der Waals surface area contributed by atoms with Crippen LogP contribution in [0.25, 0.3) is 0 Å². The van der Waals surface area contributed by atoms with Crippen LogP contribution in [0.2, 0.25) is 5.28 Å². The summed E-state index contributed by atoms with van der Waals surface area (Å²) in [4.78, 5) is 0.702. The lowest BCUT2D eigenvalue weighted by Crippen LogP contribution is -2.28. The maximum absolute atomic E-state index is 5.80. The molecule has 0 aromatic heterocycles. The molecule has 0 aromatic carbocycles. The second-order valence-electron chi connectivity index (χ2n) is 5.83. The molecular weight excluding hydrogens is 187 g/mol. The molecule has 0 amide bonds. The highest BCUT2D eigenvalue weighted by molar-refractivity contribution is 6.37. The van der Waals surface area contributed by atoms with Crippen LogP contribution in [0, 0.1) is 11.3 Å². The Morgan fingerprint density at radius 1 is 1.36 bits per heavy atom. The average molecular weight is 212 g/mol. The lowest BCUT2D eigenvalue weighted by molar-refractivity contribution is 0.0643. The van der Waals surface area contributed by atoms with Gasteiger partial charge in [0.05, 0.1) is 0 Å². The zero-order valence-electron chi connectivity index (χ0n) is 10.3. The normalized spacial score (nSPS) is 25.9. The standard InChI is InChI=1S/C7H15.C5H9O.Al.H/c1-6(2)7(3,4)5;1-2-4-6-5-3-1;;/h6H,1H2,2-5H3;4H,1-3,5H2;;. The van der Waals surface area contributed by atoms with Crippen molar-refractivity contribution in [2.45, 2.75) is 57.2 Å². The van der Waals surface area contributed by atoms with Gasteiger partial charge in [0.25, 0.3) is 15.2 Å². The molecule has 2 unspecified atom stereocenters. The summed E-state index contributed by atoms with van der Waals surface area (Å²) in [7, 11) is 0. The first kappa shape index (κ1) is 12.6. The average Bonchev–Trinajstić information content (AvgIpc) is 2.14. The van der Waals surface area contributed by atoms with Crippen molar-refractivity contribution < 1.29 is 4.74 Å². The molecule has 0 spiro atoms. The highest BCUT2D eigenvalue weighted by Crippen LogP contribution is 2.29. The summed E-state index contributed by atoms with van der Waals surface area (Å²) in [6.07, 6.45) is 4.05. The van der Waals surface area contributed by atoms with Gasteiger partial charge in [0, 0.05) is 11.6 Å². The van der Waals surface area contributed by atoms with E-state index in [0.717, 1.165) is 12.5 Å². The van der Waals surface area contributed by atoms with Gasteiger partial charge in [-0.2, -0.15) is 0 Å². The predicted molar refractivity (Wildman–Crippen MR) is 64.2 cm³/mol. The van der Waals surface area contributed by atoms with Crippen LogP contribution < -0.4 is 0 Å². The second-order valence-corrected chi connectivity index (χ2v) is 7.90. The highest BCUT2D eigenvalue weighted by atomic mass is 27.1. The SMILES string of the molecule is CC([CH2][AlH][CH]1CCCCO1)C(C)(C)C. The van der Waals surface area contributed by atoms with Crippen molar-refractivity contribution in [1.29, 1.82) is 0 Å². The van der Waals surface area contributed by atoms with Crippen molar-refractivity contribution in [3.63, 3.8) is 0 Å². The summed E-state index contributed by atoms with van der Waals surface area (Å²) < 4.78 is 5.80. The first-order valence-electron chi connectivity index (χ1n) is 6.12. The Morgan fingerprint density at radius 3 is 2.57 bits per heavy atom. The molecule has 0 aliphatic carbocycles. The molecule has 0 bridgehead atoms. The van der Waals surface area contributed by atoms with E-state index in [-0.39, 0.29) is 15.2 Å². The van der Waals surface area contributed by atoms with Crippen LogP contribution in [0.4, 0.5) is 0 Å². The van der Waals surface area contributed by atoms with Gasteiger partial charge in [-0.1, -0.05) is 38.9 Å². The molecule has 14 heavy (non-hydrogen) atoms. The molecule has 1 aliphatic rings. The summed E-state index contributed by atoms with van der Waals surface area (Å²) in [6, 6.07) is 0. The van der Waals surface area contributed by atoms with Crippen LogP contribution in [-0.4, -0.2) is 26.8 Å². The van der Waals surface area contributed by atoms with Gasteiger partial charge in [0.15, 0.2) is 0 Å². The Balaban J connectivity index is 2.19. The highest BCUT2D eigenvalue weighted by Gasteiger charge is 2.23. The van der Waals surface area contributed by atoms with E-state index in [1.807, 2.05) is 0 Å². The van der Waals surface area contributed by atoms with Crippen LogP contribution in [0.1, 0.15) is 47.0 Å². The quantitative estimate of drug-likeness (QED) is 0.653. The zero-order valence-corrected chi connectivity index (χ0v) is 11.7. The third kappa shape index (κ3) is 4.34. The third-order valence-corrected chi connectivity index (χ3v) is 6.16. The van der Waals surface area contributed by atoms with Gasteiger partial charge in [0.1, 0.15) is 0 Å². The van der Waals surface area contributed by atoms with Crippen molar-refractivity contribution in [2.75, 3.05) is 6.61 Å². The smallest absolute Gasteiger partial charge is 0.282 e. The predicted octanol–water partition coefficient (Wildman–Crippen LogP) is 3.05. The zero-order chi connectivity index (χ0) is 10.6. The van der Waals surface area contributed by atoms with E-state index in [0.29, 0.717) is 10.4 Å². The molecule has 0 N–H and O–H groups in total. The molecule has 0 radical (unpaired) electrons. The molecule has 1 fully saturated rings. The van der Waals surface area contributed by atoms with Gasteiger partial charge in [-0.3, -0.25) is 0 Å². The maximum Gasteiger partial charge on any atom is 0.282 e. The van der Waals surface area contributed by atoms with Crippen LogP contribution in [0.5, 0.6) is 0 Å². The van der Waals surface area contributed by atoms with Gasteiger partial charge >= 0.3 is 0 Å². The fraction of sp³-hybridized carbons (Fsp3) is 1.00. The van der Waals surface area contributed by atoms with Crippen LogP contribution in [0.3, 0.4) is 0 Å². The van der Waals surface area contributed by atoms with E-state index in [2.05, 4.69) is 27.7 Å². The molecule has 2 atom stereocenters. The molecule has 0 aromatic rings. The van der Waals surface area contributed by atoms with Gasteiger partial charge in [-0.05, 0) is 24.7 Å². The van der Waals surface area contributed by atoms with Gasteiger partial charge in [-0.15, -0.1) is 0 Å². The largest absolute Gasteiger partial charge is 0.394 e. The van der Waals surface area contributed by atoms with Gasteiger partial charge in [0.2, 0.25) is 0 Å². The summed E-state index contributed by atoms with van der Waals surface area (Å²) in [5.74, 6) is 0.861. The van der Waals surface area contributed by atoms with Crippen molar-refractivity contribution in [3.05, 3.63) is 0 Å². The number of ether oxygens (including phenoxy) is 1. The summed E-state index contributed by atoms with van der Waals surface area (Å²) in [5, 5.41) is 1.45. The minimum atomic E-state index is 0.0160. The topological polar surface area (TPSA) is 9.23 Å². The third-order valence-electron chi connectivity index (χ3n) is 3.67. The number of rotatable bonds is 3. The van der Waals surface area contributed by atoms with Gasteiger partial charge < -0.3 is 4.74 Å². The van der Waals surface area contributed by atoms with Crippen molar-refractivity contribution in [1.82, 2.24) is 0 Å². The monoisotopic (exact) mass is 212 g/mol. The summed E-state index contributed by atoms with van der Waals surface area (Å²) in [6.45, 7) is 10.5.